The molecule has 0 saturated carbocycles. The molecular weight excluding hydrogens is 400 g/mol. The maximum Gasteiger partial charge on any atom is 0.236 e. The van der Waals surface area contributed by atoms with Gasteiger partial charge in [0.1, 0.15) is 0 Å². The fraction of sp³-hybridized carbons (Fsp3) is 0.474. The molecular formula is C19H25ClN4O3S. The Kier molecular flexibility index (Phi) is 6.54. The van der Waals surface area contributed by atoms with Crippen LogP contribution >= 0.6 is 12.4 Å². The highest BCUT2D eigenvalue weighted by molar-refractivity contribution is 7.88. The number of hydrogen-bond donors (Lipinski definition) is 1. The van der Waals surface area contributed by atoms with Crippen molar-refractivity contribution in [3.8, 4) is 0 Å². The van der Waals surface area contributed by atoms with Gasteiger partial charge in [-0.15, -0.1) is 12.4 Å². The number of fused-ring (bicyclic) bond motifs is 1. The molecule has 9 heteroatoms. The van der Waals surface area contributed by atoms with Crippen molar-refractivity contribution in [2.75, 3.05) is 32.7 Å². The van der Waals surface area contributed by atoms with Crippen molar-refractivity contribution in [3.63, 3.8) is 0 Å². The molecule has 4 rings (SSSR count). The van der Waals surface area contributed by atoms with Crippen molar-refractivity contribution >= 4 is 39.2 Å². The van der Waals surface area contributed by atoms with Crippen LogP contribution in [-0.2, 0) is 20.6 Å². The van der Waals surface area contributed by atoms with Crippen LogP contribution in [0.2, 0.25) is 0 Å². The number of rotatable bonds is 4. The van der Waals surface area contributed by atoms with Crippen LogP contribution in [0.1, 0.15) is 18.4 Å². The van der Waals surface area contributed by atoms with E-state index in [0.717, 1.165) is 30.3 Å². The number of sulfonamides is 1. The Labute approximate surface area is 171 Å². The molecule has 2 fully saturated rings. The van der Waals surface area contributed by atoms with Crippen molar-refractivity contribution in [2.45, 2.75) is 24.6 Å². The number of benzene rings is 1. The number of aromatic nitrogens is 1. The van der Waals surface area contributed by atoms with E-state index in [1.807, 2.05) is 35.2 Å². The predicted octanol–water partition coefficient (Wildman–Crippen LogP) is 1.38. The number of carbonyl (C=O) groups excluding carboxylic acids is 1. The van der Waals surface area contributed by atoms with E-state index in [9.17, 15) is 13.2 Å². The molecule has 0 radical (unpaired) electrons. The highest BCUT2D eigenvalue weighted by atomic mass is 35.5. The van der Waals surface area contributed by atoms with E-state index >= 15 is 0 Å². The van der Waals surface area contributed by atoms with Crippen LogP contribution in [0, 0.1) is 0 Å². The lowest BCUT2D eigenvalue weighted by Crippen LogP contribution is -2.57. The van der Waals surface area contributed by atoms with E-state index in [1.54, 1.807) is 10.5 Å². The van der Waals surface area contributed by atoms with Gasteiger partial charge < -0.3 is 10.2 Å². The summed E-state index contributed by atoms with van der Waals surface area (Å²) in [5.41, 5.74) is 1.45. The molecule has 28 heavy (non-hydrogen) atoms. The van der Waals surface area contributed by atoms with Gasteiger partial charge in [0.15, 0.2) is 0 Å². The average Bonchev–Trinajstić information content (AvgIpc) is 2.69. The van der Waals surface area contributed by atoms with Gasteiger partial charge in [-0.05, 0) is 24.5 Å². The lowest BCUT2D eigenvalue weighted by Gasteiger charge is -2.40. The van der Waals surface area contributed by atoms with Crippen molar-refractivity contribution < 1.29 is 13.2 Å². The lowest BCUT2D eigenvalue weighted by atomic mass is 10.1. The topological polar surface area (TPSA) is 82.6 Å². The lowest BCUT2D eigenvalue weighted by molar-refractivity contribution is -0.135. The number of piperazine rings is 1. The molecule has 0 aliphatic carbocycles. The van der Waals surface area contributed by atoms with Gasteiger partial charge in [0.05, 0.1) is 17.8 Å². The summed E-state index contributed by atoms with van der Waals surface area (Å²) >= 11 is 0. The molecule has 1 amide bonds. The Bertz CT molecular complexity index is 948. The first-order valence-electron chi connectivity index (χ1n) is 9.35. The number of para-hydroxylation sites is 1. The second kappa shape index (κ2) is 8.73. The molecule has 2 aliphatic heterocycles. The molecule has 0 spiro atoms. The molecule has 0 bridgehead atoms. The Morgan fingerprint density at radius 3 is 2.82 bits per heavy atom. The van der Waals surface area contributed by atoms with Crippen LogP contribution in [0.4, 0.5) is 0 Å². The Morgan fingerprint density at radius 2 is 2.00 bits per heavy atom. The standard InChI is InChI=1S/C19H24N4O3S.ClH/c24-18-12-20-9-11-23(18)17-7-3-10-22(13-17)27(25,26)14-16-5-1-4-15-6-2-8-21-19(15)16;/h1-2,4-6,8,17,20H,3,7,9-14H2;1H. The van der Waals surface area contributed by atoms with E-state index in [-0.39, 0.29) is 30.1 Å². The number of halogens is 1. The summed E-state index contributed by atoms with van der Waals surface area (Å²) in [4.78, 5) is 18.4. The molecule has 1 aromatic carbocycles. The zero-order chi connectivity index (χ0) is 18.9. The maximum atomic E-state index is 13.1. The minimum absolute atomic E-state index is 0. The molecule has 1 unspecified atom stereocenters. The third-order valence-electron chi connectivity index (χ3n) is 5.37. The highest BCUT2D eigenvalue weighted by Gasteiger charge is 2.34. The van der Waals surface area contributed by atoms with Gasteiger partial charge in [0, 0.05) is 43.8 Å². The van der Waals surface area contributed by atoms with Crippen molar-refractivity contribution in [3.05, 3.63) is 42.1 Å². The molecule has 152 valence electrons. The molecule has 2 aromatic rings. The Morgan fingerprint density at radius 1 is 1.18 bits per heavy atom. The van der Waals surface area contributed by atoms with Crippen LogP contribution in [0.15, 0.2) is 36.5 Å². The summed E-state index contributed by atoms with van der Waals surface area (Å²) in [5.74, 6) is -0.00687. The van der Waals surface area contributed by atoms with Gasteiger partial charge >= 0.3 is 0 Å². The summed E-state index contributed by atoms with van der Waals surface area (Å²) in [6, 6.07) is 9.38. The number of nitrogens with one attached hydrogen (secondary N) is 1. The Balaban J connectivity index is 0.00000225. The van der Waals surface area contributed by atoms with Gasteiger partial charge in [-0.25, -0.2) is 8.42 Å². The van der Waals surface area contributed by atoms with Crippen LogP contribution in [0.3, 0.4) is 0 Å². The summed E-state index contributed by atoms with van der Waals surface area (Å²) in [5, 5.41) is 4.00. The number of hydrogen-bond acceptors (Lipinski definition) is 5. The first-order chi connectivity index (χ1) is 13.0. The number of piperidine rings is 1. The summed E-state index contributed by atoms with van der Waals surface area (Å²) in [6.45, 7) is 2.63. The molecule has 1 atom stereocenters. The summed E-state index contributed by atoms with van der Waals surface area (Å²) < 4.78 is 27.7. The van der Waals surface area contributed by atoms with Crippen LogP contribution in [0.5, 0.6) is 0 Å². The molecule has 2 saturated heterocycles. The SMILES string of the molecule is Cl.O=C1CNCCN1C1CCCN(S(=O)(=O)Cc2cccc3cccnc23)C1. The first-order valence-corrected chi connectivity index (χ1v) is 11.0. The number of nitrogens with zero attached hydrogens (tertiary/aromatic N) is 3. The predicted molar refractivity (Wildman–Crippen MR) is 111 cm³/mol. The smallest absolute Gasteiger partial charge is 0.236 e. The van der Waals surface area contributed by atoms with Gasteiger partial charge in [-0.1, -0.05) is 24.3 Å². The van der Waals surface area contributed by atoms with Crippen LogP contribution in [0.25, 0.3) is 10.9 Å². The zero-order valence-corrected chi connectivity index (χ0v) is 17.2. The molecule has 7 nitrogen and oxygen atoms in total. The van der Waals surface area contributed by atoms with Gasteiger partial charge in [0.25, 0.3) is 0 Å². The third-order valence-corrected chi connectivity index (χ3v) is 7.17. The van der Waals surface area contributed by atoms with E-state index in [1.165, 1.54) is 0 Å². The molecule has 3 heterocycles. The normalized spacial score (nSPS) is 21.5. The second-order valence-corrected chi connectivity index (χ2v) is 9.14. The average molecular weight is 425 g/mol. The van der Waals surface area contributed by atoms with Gasteiger partial charge in [-0.3, -0.25) is 9.78 Å². The summed E-state index contributed by atoms with van der Waals surface area (Å²) in [7, 11) is -3.48. The zero-order valence-electron chi connectivity index (χ0n) is 15.6. The monoisotopic (exact) mass is 424 g/mol. The van der Waals surface area contributed by atoms with E-state index in [4.69, 9.17) is 0 Å². The maximum absolute atomic E-state index is 13.1. The number of amides is 1. The minimum Gasteiger partial charge on any atom is -0.336 e. The molecule has 1 aromatic heterocycles. The largest absolute Gasteiger partial charge is 0.336 e. The minimum atomic E-state index is -3.48. The van der Waals surface area contributed by atoms with Crippen molar-refractivity contribution in [1.29, 1.82) is 0 Å². The van der Waals surface area contributed by atoms with Crippen LogP contribution in [-0.4, -0.2) is 67.3 Å². The van der Waals surface area contributed by atoms with E-state index in [2.05, 4.69) is 10.3 Å². The fourth-order valence-corrected chi connectivity index (χ4v) is 5.62. The number of pyridine rings is 1. The molecule has 2 aliphatic rings. The second-order valence-electron chi connectivity index (χ2n) is 7.17. The van der Waals surface area contributed by atoms with Crippen molar-refractivity contribution in [1.82, 2.24) is 19.5 Å². The third kappa shape index (κ3) is 4.30. The van der Waals surface area contributed by atoms with Crippen LogP contribution < -0.4 is 5.32 Å². The Hall–Kier alpha value is -1.74. The fourth-order valence-electron chi connectivity index (χ4n) is 4.01. The quantitative estimate of drug-likeness (QED) is 0.801. The van der Waals surface area contributed by atoms with Crippen molar-refractivity contribution in [2.24, 2.45) is 0 Å². The number of carbonyl (C=O) groups is 1. The summed E-state index contributed by atoms with van der Waals surface area (Å²) in [6.07, 6.45) is 3.31. The highest BCUT2D eigenvalue weighted by Crippen LogP contribution is 2.24. The van der Waals surface area contributed by atoms with Gasteiger partial charge in [-0.2, -0.15) is 4.31 Å². The molecule has 1 N–H and O–H groups in total. The first kappa shape index (κ1) is 21.0. The van der Waals surface area contributed by atoms with E-state index < -0.39 is 10.0 Å². The van der Waals surface area contributed by atoms with Gasteiger partial charge in [0.2, 0.25) is 15.9 Å². The van der Waals surface area contributed by atoms with E-state index in [0.29, 0.717) is 31.7 Å².